The van der Waals surface area contributed by atoms with Crippen LogP contribution in [0.1, 0.15) is 37.3 Å². The van der Waals surface area contributed by atoms with E-state index in [-0.39, 0.29) is 11.2 Å². The fourth-order valence-electron chi connectivity index (χ4n) is 2.37. The molecule has 2 rings (SSSR count). The van der Waals surface area contributed by atoms with Crippen molar-refractivity contribution in [1.82, 2.24) is 0 Å². The van der Waals surface area contributed by atoms with Crippen molar-refractivity contribution in [3.8, 4) is 0 Å². The first-order valence-corrected chi connectivity index (χ1v) is 5.70. The molecule has 2 heteroatoms. The minimum atomic E-state index is -0.121. The number of rotatable bonds is 3. The van der Waals surface area contributed by atoms with Crippen LogP contribution in [0.15, 0.2) is 18.2 Å². The van der Waals surface area contributed by atoms with E-state index in [4.69, 9.17) is 5.73 Å². The normalized spacial score (nSPS) is 18.6. The zero-order chi connectivity index (χ0) is 10.9. The molecule has 2 N–H and O–H groups in total. The molecule has 1 aromatic carbocycles. The second-order valence-electron chi connectivity index (χ2n) is 4.54. The molecule has 15 heavy (non-hydrogen) atoms. The van der Waals surface area contributed by atoms with Gasteiger partial charge in [0.2, 0.25) is 0 Å². The number of benzene rings is 1. The van der Waals surface area contributed by atoms with Gasteiger partial charge in [0, 0.05) is 12.0 Å². The molecule has 1 nitrogen and oxygen atoms in total. The Morgan fingerprint density at radius 1 is 1.33 bits per heavy atom. The van der Waals surface area contributed by atoms with Gasteiger partial charge in [-0.15, -0.1) is 0 Å². The highest BCUT2D eigenvalue weighted by molar-refractivity contribution is 5.33. The lowest BCUT2D eigenvalue weighted by Gasteiger charge is -2.41. The summed E-state index contributed by atoms with van der Waals surface area (Å²) in [4.78, 5) is 0. The first-order valence-electron chi connectivity index (χ1n) is 5.70. The molecular weight excluding hydrogens is 189 g/mol. The summed E-state index contributed by atoms with van der Waals surface area (Å²) in [7, 11) is 0. The number of hydrogen-bond donors (Lipinski definition) is 1. The van der Waals surface area contributed by atoms with Crippen LogP contribution >= 0.6 is 0 Å². The van der Waals surface area contributed by atoms with E-state index in [9.17, 15) is 4.39 Å². The zero-order valence-corrected chi connectivity index (χ0v) is 9.22. The predicted octanol–water partition coefficient (Wildman–Crippen LogP) is 2.77. The first kappa shape index (κ1) is 10.6. The van der Waals surface area contributed by atoms with Crippen LogP contribution in [0, 0.1) is 5.82 Å². The maximum atomic E-state index is 13.4. The molecule has 0 aromatic heterocycles. The van der Waals surface area contributed by atoms with Crippen LogP contribution in [0.3, 0.4) is 0 Å². The van der Waals surface area contributed by atoms with Crippen LogP contribution in [0.4, 0.5) is 4.39 Å². The lowest BCUT2D eigenvalue weighted by atomic mass is 9.64. The highest BCUT2D eigenvalue weighted by Crippen LogP contribution is 2.43. The molecule has 0 aliphatic heterocycles. The van der Waals surface area contributed by atoms with Crippen molar-refractivity contribution >= 4 is 0 Å². The summed E-state index contributed by atoms with van der Waals surface area (Å²) in [6, 6.07) is 5.40. The average molecular weight is 207 g/mol. The second kappa shape index (κ2) is 3.93. The molecule has 0 amide bonds. The number of hydrogen-bond acceptors (Lipinski definition) is 1. The average Bonchev–Trinajstić information content (AvgIpc) is 2.16. The van der Waals surface area contributed by atoms with E-state index in [2.05, 4.69) is 13.0 Å². The molecule has 1 aromatic rings. The summed E-state index contributed by atoms with van der Waals surface area (Å²) in [5.74, 6) is -0.121. The highest BCUT2D eigenvalue weighted by Gasteiger charge is 2.37. The van der Waals surface area contributed by atoms with E-state index in [0.717, 1.165) is 30.4 Å². The van der Waals surface area contributed by atoms with Crippen molar-refractivity contribution in [3.63, 3.8) is 0 Å². The summed E-state index contributed by atoms with van der Waals surface area (Å²) >= 11 is 0. The molecule has 0 bridgehead atoms. The van der Waals surface area contributed by atoms with Gasteiger partial charge in [-0.2, -0.15) is 0 Å². The predicted molar refractivity (Wildman–Crippen MR) is 60.4 cm³/mol. The van der Waals surface area contributed by atoms with Crippen molar-refractivity contribution in [2.45, 2.75) is 38.0 Å². The summed E-state index contributed by atoms with van der Waals surface area (Å²) in [5, 5.41) is 0. The van der Waals surface area contributed by atoms with Gasteiger partial charge >= 0.3 is 0 Å². The van der Waals surface area contributed by atoms with Crippen LogP contribution in [-0.2, 0) is 11.8 Å². The van der Waals surface area contributed by atoms with Crippen molar-refractivity contribution < 1.29 is 4.39 Å². The molecule has 0 radical (unpaired) electrons. The standard InChI is InChI=1S/C13H18FN/c1-2-10-6-11(8-12(14)7-10)13(9-15)4-3-5-13/h6-8H,2-5,9,15H2,1H3. The quantitative estimate of drug-likeness (QED) is 0.810. The van der Waals surface area contributed by atoms with Crippen LogP contribution in [0.5, 0.6) is 0 Å². The van der Waals surface area contributed by atoms with Crippen molar-refractivity contribution in [3.05, 3.63) is 35.1 Å². The van der Waals surface area contributed by atoms with Gasteiger partial charge in [-0.25, -0.2) is 4.39 Å². The molecule has 0 spiro atoms. The molecule has 1 saturated carbocycles. The van der Waals surface area contributed by atoms with E-state index < -0.39 is 0 Å². The third-order valence-electron chi connectivity index (χ3n) is 3.68. The monoisotopic (exact) mass is 207 g/mol. The molecule has 0 saturated heterocycles. The van der Waals surface area contributed by atoms with Gasteiger partial charge in [-0.05, 0) is 42.5 Å². The summed E-state index contributed by atoms with van der Waals surface area (Å²) in [6.07, 6.45) is 4.31. The fraction of sp³-hybridized carbons (Fsp3) is 0.538. The zero-order valence-electron chi connectivity index (χ0n) is 9.22. The first-order chi connectivity index (χ1) is 7.20. The molecule has 1 aliphatic carbocycles. The largest absolute Gasteiger partial charge is 0.330 e. The lowest BCUT2D eigenvalue weighted by molar-refractivity contribution is 0.252. The fourth-order valence-corrected chi connectivity index (χ4v) is 2.37. The minimum absolute atomic E-state index is 0.0754. The van der Waals surface area contributed by atoms with E-state index in [1.165, 1.54) is 6.42 Å². The third-order valence-corrected chi connectivity index (χ3v) is 3.68. The maximum Gasteiger partial charge on any atom is 0.123 e. The van der Waals surface area contributed by atoms with E-state index in [0.29, 0.717) is 6.54 Å². The van der Waals surface area contributed by atoms with Gasteiger partial charge in [0.15, 0.2) is 0 Å². The molecule has 0 unspecified atom stereocenters. The van der Waals surface area contributed by atoms with Crippen LogP contribution in [0.2, 0.25) is 0 Å². The Bertz CT molecular complexity index is 350. The lowest BCUT2D eigenvalue weighted by Crippen LogP contribution is -2.41. The van der Waals surface area contributed by atoms with Gasteiger partial charge in [-0.3, -0.25) is 0 Å². The van der Waals surface area contributed by atoms with Crippen LogP contribution in [-0.4, -0.2) is 6.54 Å². The molecular formula is C13H18FN. The smallest absolute Gasteiger partial charge is 0.123 e. The topological polar surface area (TPSA) is 26.0 Å². The summed E-state index contributed by atoms with van der Waals surface area (Å²) < 4.78 is 13.4. The van der Waals surface area contributed by atoms with Crippen molar-refractivity contribution in [2.24, 2.45) is 5.73 Å². The Balaban J connectivity index is 2.38. The molecule has 1 fully saturated rings. The van der Waals surface area contributed by atoms with E-state index in [1.807, 2.05) is 0 Å². The van der Waals surface area contributed by atoms with Gasteiger partial charge < -0.3 is 5.73 Å². The maximum absolute atomic E-state index is 13.4. The number of aryl methyl sites for hydroxylation is 1. The Labute approximate surface area is 90.5 Å². The summed E-state index contributed by atoms with van der Waals surface area (Å²) in [6.45, 7) is 2.69. The van der Waals surface area contributed by atoms with Gasteiger partial charge in [-0.1, -0.05) is 19.4 Å². The Morgan fingerprint density at radius 2 is 2.07 bits per heavy atom. The SMILES string of the molecule is CCc1cc(F)cc(C2(CN)CCC2)c1. The number of halogens is 1. The van der Waals surface area contributed by atoms with Crippen LogP contribution < -0.4 is 5.73 Å². The second-order valence-corrected chi connectivity index (χ2v) is 4.54. The minimum Gasteiger partial charge on any atom is -0.330 e. The highest BCUT2D eigenvalue weighted by atomic mass is 19.1. The van der Waals surface area contributed by atoms with Gasteiger partial charge in [0.1, 0.15) is 5.82 Å². The van der Waals surface area contributed by atoms with Crippen molar-refractivity contribution in [1.29, 1.82) is 0 Å². The Kier molecular flexibility index (Phi) is 2.79. The van der Waals surface area contributed by atoms with E-state index >= 15 is 0 Å². The third kappa shape index (κ3) is 1.78. The van der Waals surface area contributed by atoms with Crippen molar-refractivity contribution in [2.75, 3.05) is 6.54 Å². The molecule has 0 atom stereocenters. The Morgan fingerprint density at radius 3 is 2.53 bits per heavy atom. The molecule has 82 valence electrons. The van der Waals surface area contributed by atoms with Gasteiger partial charge in [0.25, 0.3) is 0 Å². The van der Waals surface area contributed by atoms with Gasteiger partial charge in [0.05, 0.1) is 0 Å². The van der Waals surface area contributed by atoms with E-state index in [1.54, 1.807) is 12.1 Å². The number of nitrogens with two attached hydrogens (primary N) is 1. The molecule has 0 heterocycles. The molecule has 1 aliphatic rings. The summed E-state index contributed by atoms with van der Waals surface area (Å²) in [5.41, 5.74) is 8.07. The Hall–Kier alpha value is -0.890. The van der Waals surface area contributed by atoms with Crippen LogP contribution in [0.25, 0.3) is 0 Å².